The highest BCUT2D eigenvalue weighted by Gasteiger charge is 2.36. The number of ether oxygens (including phenoxy) is 1. The van der Waals surface area contributed by atoms with Gasteiger partial charge in [-0.1, -0.05) is 12.1 Å². The van der Waals surface area contributed by atoms with Crippen LogP contribution in [0.1, 0.15) is 12.3 Å². The summed E-state index contributed by atoms with van der Waals surface area (Å²) in [6, 6.07) is 5.71. The van der Waals surface area contributed by atoms with Crippen molar-refractivity contribution in [3.05, 3.63) is 42.2 Å². The smallest absolute Gasteiger partial charge is 0.234 e. The first-order valence-corrected chi connectivity index (χ1v) is 7.33. The zero-order chi connectivity index (χ0) is 16.4. The van der Waals surface area contributed by atoms with Crippen molar-refractivity contribution in [2.75, 3.05) is 13.7 Å². The summed E-state index contributed by atoms with van der Waals surface area (Å²) in [4.78, 5) is 17.7. The van der Waals surface area contributed by atoms with Gasteiger partial charge in [-0.3, -0.25) is 9.69 Å². The van der Waals surface area contributed by atoms with E-state index in [1.807, 2.05) is 4.90 Å². The Balaban J connectivity index is 1.75. The molecule has 1 amide bonds. The van der Waals surface area contributed by atoms with Crippen molar-refractivity contribution >= 4 is 5.91 Å². The summed E-state index contributed by atoms with van der Waals surface area (Å²) in [6.07, 6.45) is 2.07. The first-order valence-electron chi connectivity index (χ1n) is 7.33. The summed E-state index contributed by atoms with van der Waals surface area (Å²) in [5.41, 5.74) is 6.06. The van der Waals surface area contributed by atoms with Gasteiger partial charge >= 0.3 is 0 Å². The third-order valence-corrected chi connectivity index (χ3v) is 4.03. The molecule has 23 heavy (non-hydrogen) atoms. The van der Waals surface area contributed by atoms with Crippen molar-refractivity contribution in [1.29, 1.82) is 0 Å². The minimum Gasteiger partial charge on any atom is -0.439 e. The summed E-state index contributed by atoms with van der Waals surface area (Å²) >= 11 is 0. The number of amides is 1. The number of nitrogens with two attached hydrogens (primary N) is 1. The summed E-state index contributed by atoms with van der Waals surface area (Å²) in [7, 11) is 1.61. The Hall–Kier alpha value is -2.25. The number of halogens is 1. The van der Waals surface area contributed by atoms with Gasteiger partial charge in [0.05, 0.1) is 24.9 Å². The highest BCUT2D eigenvalue weighted by molar-refractivity contribution is 5.80. The Labute approximate surface area is 133 Å². The number of aromatic nitrogens is 1. The average molecular weight is 319 g/mol. The Morgan fingerprint density at radius 2 is 2.39 bits per heavy atom. The van der Waals surface area contributed by atoms with E-state index in [0.29, 0.717) is 36.7 Å². The normalized spacial score (nSPS) is 21.7. The molecule has 7 heteroatoms. The third kappa shape index (κ3) is 3.40. The molecule has 0 bridgehead atoms. The summed E-state index contributed by atoms with van der Waals surface area (Å²) in [5, 5.41) is 0. The van der Waals surface area contributed by atoms with Crippen LogP contribution in [0.4, 0.5) is 4.39 Å². The molecular formula is C16H18FN3O3. The van der Waals surface area contributed by atoms with Crippen molar-refractivity contribution in [2.24, 2.45) is 5.73 Å². The van der Waals surface area contributed by atoms with Gasteiger partial charge in [0.1, 0.15) is 5.82 Å². The molecule has 1 aliphatic rings. The number of hydrogen-bond acceptors (Lipinski definition) is 5. The molecule has 0 aliphatic carbocycles. The first-order chi connectivity index (χ1) is 11.1. The zero-order valence-electron chi connectivity index (χ0n) is 12.7. The second-order valence-corrected chi connectivity index (χ2v) is 5.57. The molecule has 3 rings (SSSR count). The predicted molar refractivity (Wildman–Crippen MR) is 80.7 cm³/mol. The average Bonchev–Trinajstić information content (AvgIpc) is 3.14. The van der Waals surface area contributed by atoms with E-state index in [0.717, 1.165) is 0 Å². The van der Waals surface area contributed by atoms with Crippen molar-refractivity contribution in [1.82, 2.24) is 9.88 Å². The lowest BCUT2D eigenvalue weighted by Crippen LogP contribution is -2.39. The van der Waals surface area contributed by atoms with Crippen LogP contribution in [0.2, 0.25) is 0 Å². The highest BCUT2D eigenvalue weighted by Crippen LogP contribution is 2.25. The Morgan fingerprint density at radius 1 is 1.57 bits per heavy atom. The van der Waals surface area contributed by atoms with Crippen LogP contribution in [-0.2, 0) is 16.1 Å². The van der Waals surface area contributed by atoms with Crippen LogP contribution < -0.4 is 5.73 Å². The van der Waals surface area contributed by atoms with E-state index in [1.165, 1.54) is 12.1 Å². The van der Waals surface area contributed by atoms with Gasteiger partial charge in [0.2, 0.25) is 11.8 Å². The minimum atomic E-state index is -0.399. The highest BCUT2D eigenvalue weighted by atomic mass is 19.1. The predicted octanol–water partition coefficient (Wildman–Crippen LogP) is 1.56. The molecule has 2 aromatic rings. The number of benzene rings is 1. The maximum absolute atomic E-state index is 13.3. The molecule has 1 aromatic heterocycles. The molecule has 0 unspecified atom stereocenters. The van der Waals surface area contributed by atoms with E-state index in [1.54, 1.807) is 25.4 Å². The van der Waals surface area contributed by atoms with Crippen LogP contribution >= 0.6 is 0 Å². The van der Waals surface area contributed by atoms with Crippen LogP contribution in [0.5, 0.6) is 0 Å². The molecule has 1 saturated heterocycles. The fraction of sp³-hybridized carbons (Fsp3) is 0.375. The number of rotatable bonds is 5. The lowest BCUT2D eigenvalue weighted by Gasteiger charge is -2.19. The lowest BCUT2D eigenvalue weighted by molar-refractivity contribution is -0.122. The number of oxazole rings is 1. The van der Waals surface area contributed by atoms with Crippen molar-refractivity contribution in [3.63, 3.8) is 0 Å². The fourth-order valence-electron chi connectivity index (χ4n) is 2.84. The summed E-state index contributed by atoms with van der Waals surface area (Å²) < 4.78 is 24.2. The summed E-state index contributed by atoms with van der Waals surface area (Å²) in [6.45, 7) is 0.935. The molecule has 2 atom stereocenters. The van der Waals surface area contributed by atoms with Crippen LogP contribution in [0, 0.1) is 5.82 Å². The van der Waals surface area contributed by atoms with E-state index in [2.05, 4.69) is 4.98 Å². The number of carbonyl (C=O) groups excluding carboxylic acids is 1. The number of nitrogens with zero attached hydrogens (tertiary/aromatic N) is 2. The Bertz CT molecular complexity index is 703. The van der Waals surface area contributed by atoms with E-state index in [9.17, 15) is 9.18 Å². The Kier molecular flexibility index (Phi) is 4.40. The van der Waals surface area contributed by atoms with Crippen LogP contribution in [-0.4, -0.2) is 41.6 Å². The molecule has 0 saturated carbocycles. The van der Waals surface area contributed by atoms with E-state index < -0.39 is 6.04 Å². The molecule has 122 valence electrons. The standard InChI is InChI=1S/C16H18FN3O3/c1-22-12-6-13(16(18)21)20(8-12)9-15-19-7-14(23-15)10-3-2-4-11(17)5-10/h2-5,7,12-13H,6,8-9H2,1H3,(H2,18,21)/t12-,13-/m0/s1. The SMILES string of the molecule is CO[C@H]1C[C@@H](C(N)=O)N(Cc2ncc(-c3cccc(F)c3)o2)C1. The van der Waals surface area contributed by atoms with Crippen molar-refractivity contribution in [2.45, 2.75) is 25.1 Å². The quantitative estimate of drug-likeness (QED) is 0.904. The van der Waals surface area contributed by atoms with Gasteiger partial charge in [0.15, 0.2) is 5.76 Å². The molecule has 1 aromatic carbocycles. The molecule has 0 spiro atoms. The molecule has 2 N–H and O–H groups in total. The number of likely N-dealkylation sites (tertiary alicyclic amines) is 1. The molecule has 1 fully saturated rings. The van der Waals surface area contributed by atoms with Crippen molar-refractivity contribution < 1.29 is 18.3 Å². The second kappa shape index (κ2) is 6.47. The number of hydrogen-bond donors (Lipinski definition) is 1. The molecular weight excluding hydrogens is 301 g/mol. The fourth-order valence-corrected chi connectivity index (χ4v) is 2.84. The zero-order valence-corrected chi connectivity index (χ0v) is 12.7. The van der Waals surface area contributed by atoms with E-state index in [-0.39, 0.29) is 17.8 Å². The van der Waals surface area contributed by atoms with Gasteiger partial charge in [-0.2, -0.15) is 0 Å². The van der Waals surface area contributed by atoms with Gasteiger partial charge in [-0.05, 0) is 18.6 Å². The van der Waals surface area contributed by atoms with E-state index >= 15 is 0 Å². The monoisotopic (exact) mass is 319 g/mol. The minimum absolute atomic E-state index is 0.0369. The largest absolute Gasteiger partial charge is 0.439 e. The van der Waals surface area contributed by atoms with Crippen LogP contribution in [0.15, 0.2) is 34.9 Å². The molecule has 0 radical (unpaired) electrons. The van der Waals surface area contributed by atoms with Crippen LogP contribution in [0.3, 0.4) is 0 Å². The Morgan fingerprint density at radius 3 is 3.09 bits per heavy atom. The maximum Gasteiger partial charge on any atom is 0.234 e. The molecule has 6 nitrogen and oxygen atoms in total. The number of primary amides is 1. The number of carbonyl (C=O) groups is 1. The van der Waals surface area contributed by atoms with Gasteiger partial charge < -0.3 is 14.9 Å². The molecule has 1 aliphatic heterocycles. The lowest BCUT2D eigenvalue weighted by atomic mass is 10.2. The first kappa shape index (κ1) is 15.6. The van der Waals surface area contributed by atoms with Gasteiger partial charge in [0, 0.05) is 19.2 Å². The van der Waals surface area contributed by atoms with E-state index in [4.69, 9.17) is 14.9 Å². The third-order valence-electron chi connectivity index (χ3n) is 4.03. The topological polar surface area (TPSA) is 81.6 Å². The molecule has 2 heterocycles. The van der Waals surface area contributed by atoms with Gasteiger partial charge in [-0.15, -0.1) is 0 Å². The van der Waals surface area contributed by atoms with Crippen LogP contribution in [0.25, 0.3) is 11.3 Å². The van der Waals surface area contributed by atoms with Gasteiger partial charge in [0.25, 0.3) is 0 Å². The van der Waals surface area contributed by atoms with Crippen molar-refractivity contribution in [3.8, 4) is 11.3 Å². The second-order valence-electron chi connectivity index (χ2n) is 5.57. The maximum atomic E-state index is 13.3. The summed E-state index contributed by atoms with van der Waals surface area (Å²) in [5.74, 6) is 0.211. The number of methoxy groups -OCH3 is 1. The van der Waals surface area contributed by atoms with Gasteiger partial charge in [-0.25, -0.2) is 9.37 Å².